The monoisotopic (exact) mass is 244 g/mol. The molecule has 2 atom stereocenters. The zero-order valence-corrected chi connectivity index (χ0v) is 10.3. The summed E-state index contributed by atoms with van der Waals surface area (Å²) >= 11 is 0. The maximum Gasteiger partial charge on any atom is 0.142 e. The summed E-state index contributed by atoms with van der Waals surface area (Å²) in [4.78, 5) is 4.20. The fourth-order valence-electron chi connectivity index (χ4n) is 2.48. The lowest BCUT2D eigenvalue weighted by Gasteiger charge is -2.29. The predicted octanol–water partition coefficient (Wildman–Crippen LogP) is 1.77. The van der Waals surface area contributed by atoms with Gasteiger partial charge in [-0.1, -0.05) is 24.3 Å². The van der Waals surface area contributed by atoms with E-state index in [2.05, 4.69) is 11.1 Å². The van der Waals surface area contributed by atoms with Crippen LogP contribution in [0.4, 0.5) is 0 Å². The van der Waals surface area contributed by atoms with Crippen molar-refractivity contribution in [2.45, 2.75) is 18.6 Å². The number of rotatable bonds is 2. The fraction of sp³-hybridized carbons (Fsp3) is 0.357. The average Bonchev–Trinajstić information content (AvgIpc) is 2.83. The van der Waals surface area contributed by atoms with Gasteiger partial charge in [0.25, 0.3) is 0 Å². The first kappa shape index (κ1) is 11.4. The Labute approximate surface area is 106 Å². The van der Waals surface area contributed by atoms with Crippen LogP contribution in [0.25, 0.3) is 0 Å². The van der Waals surface area contributed by atoms with Gasteiger partial charge in [-0.25, -0.2) is 4.98 Å². The molecule has 4 heteroatoms. The molecule has 0 saturated carbocycles. The van der Waals surface area contributed by atoms with E-state index >= 15 is 0 Å². The van der Waals surface area contributed by atoms with Crippen LogP contribution in [0.1, 0.15) is 29.2 Å². The van der Waals surface area contributed by atoms with Crippen LogP contribution in [-0.2, 0) is 18.2 Å². The average molecular weight is 244 g/mol. The molecule has 4 nitrogen and oxygen atoms in total. The van der Waals surface area contributed by atoms with E-state index in [-0.39, 0.29) is 6.10 Å². The number of benzene rings is 1. The summed E-state index contributed by atoms with van der Waals surface area (Å²) in [5.41, 5.74) is 2.32. The van der Waals surface area contributed by atoms with Crippen molar-refractivity contribution in [2.24, 2.45) is 7.05 Å². The van der Waals surface area contributed by atoms with Crippen LogP contribution < -0.4 is 0 Å². The fourth-order valence-corrected chi connectivity index (χ4v) is 2.48. The maximum absolute atomic E-state index is 10.5. The molecule has 3 rings (SSSR count). The second kappa shape index (κ2) is 4.55. The Kier molecular flexibility index (Phi) is 2.89. The minimum Gasteiger partial charge on any atom is -0.382 e. The highest BCUT2D eigenvalue weighted by molar-refractivity contribution is 5.32. The number of ether oxygens (including phenoxy) is 1. The molecule has 0 fully saturated rings. The van der Waals surface area contributed by atoms with Crippen LogP contribution >= 0.6 is 0 Å². The third-order valence-corrected chi connectivity index (χ3v) is 3.44. The number of aliphatic hydroxyl groups is 1. The van der Waals surface area contributed by atoms with E-state index in [9.17, 15) is 5.11 Å². The Morgan fingerprint density at radius 1 is 1.44 bits per heavy atom. The lowest BCUT2D eigenvalue weighted by molar-refractivity contribution is -0.0527. The van der Waals surface area contributed by atoms with E-state index in [0.717, 1.165) is 12.0 Å². The summed E-state index contributed by atoms with van der Waals surface area (Å²) in [6.45, 7) is 0.642. The quantitative estimate of drug-likeness (QED) is 0.875. The Hall–Kier alpha value is -1.65. The molecule has 2 unspecified atom stereocenters. The molecule has 1 aliphatic rings. The lowest BCUT2D eigenvalue weighted by Crippen LogP contribution is -2.23. The third-order valence-electron chi connectivity index (χ3n) is 3.44. The molecule has 0 saturated heterocycles. The van der Waals surface area contributed by atoms with Crippen molar-refractivity contribution in [1.29, 1.82) is 0 Å². The summed E-state index contributed by atoms with van der Waals surface area (Å²) in [5, 5.41) is 10.5. The van der Waals surface area contributed by atoms with Gasteiger partial charge in [0, 0.05) is 19.4 Å². The molecule has 94 valence electrons. The summed E-state index contributed by atoms with van der Waals surface area (Å²) < 4.78 is 7.57. The van der Waals surface area contributed by atoms with Gasteiger partial charge >= 0.3 is 0 Å². The number of hydrogen-bond donors (Lipinski definition) is 1. The lowest BCUT2D eigenvalue weighted by atomic mass is 9.94. The minimum atomic E-state index is -0.730. The molecule has 1 aromatic heterocycles. The number of hydrogen-bond acceptors (Lipinski definition) is 3. The van der Waals surface area contributed by atoms with Crippen LogP contribution in [-0.4, -0.2) is 21.3 Å². The van der Waals surface area contributed by atoms with Gasteiger partial charge in [-0.2, -0.15) is 0 Å². The van der Waals surface area contributed by atoms with Crippen molar-refractivity contribution >= 4 is 0 Å². The number of fused-ring (bicyclic) bond motifs is 1. The summed E-state index contributed by atoms with van der Waals surface area (Å²) in [5.74, 6) is 0.636. The van der Waals surface area contributed by atoms with Crippen molar-refractivity contribution in [3.63, 3.8) is 0 Å². The summed E-state index contributed by atoms with van der Waals surface area (Å²) in [6.07, 6.45) is 3.36. The summed E-state index contributed by atoms with van der Waals surface area (Å²) in [6, 6.07) is 8.11. The summed E-state index contributed by atoms with van der Waals surface area (Å²) in [7, 11) is 1.88. The first-order valence-corrected chi connectivity index (χ1v) is 6.12. The van der Waals surface area contributed by atoms with Crippen LogP contribution in [0.15, 0.2) is 36.7 Å². The molecule has 0 spiro atoms. The zero-order valence-electron chi connectivity index (χ0n) is 10.3. The molecule has 1 aliphatic heterocycles. The van der Waals surface area contributed by atoms with Gasteiger partial charge in [-0.3, -0.25) is 0 Å². The van der Waals surface area contributed by atoms with Crippen molar-refractivity contribution in [1.82, 2.24) is 9.55 Å². The zero-order chi connectivity index (χ0) is 12.5. The van der Waals surface area contributed by atoms with Gasteiger partial charge in [-0.15, -0.1) is 0 Å². The molecule has 2 heterocycles. The Morgan fingerprint density at radius 2 is 2.28 bits per heavy atom. The Morgan fingerprint density at radius 3 is 3.06 bits per heavy atom. The van der Waals surface area contributed by atoms with E-state index in [0.29, 0.717) is 12.4 Å². The van der Waals surface area contributed by atoms with Gasteiger partial charge in [-0.05, 0) is 17.5 Å². The second-order valence-electron chi connectivity index (χ2n) is 4.58. The van der Waals surface area contributed by atoms with Crippen molar-refractivity contribution in [2.75, 3.05) is 6.61 Å². The number of aliphatic hydroxyl groups excluding tert-OH is 1. The first-order valence-electron chi connectivity index (χ1n) is 6.12. The highest BCUT2D eigenvalue weighted by atomic mass is 16.5. The molecule has 0 amide bonds. The highest BCUT2D eigenvalue weighted by Gasteiger charge is 2.30. The first-order chi connectivity index (χ1) is 8.77. The van der Waals surface area contributed by atoms with Gasteiger partial charge in [0.05, 0.1) is 6.61 Å². The van der Waals surface area contributed by atoms with Gasteiger partial charge in [0.1, 0.15) is 18.0 Å². The van der Waals surface area contributed by atoms with E-state index in [1.165, 1.54) is 5.56 Å². The number of aryl methyl sites for hydroxylation is 1. The molecule has 0 radical (unpaired) electrons. The Balaban J connectivity index is 1.97. The highest BCUT2D eigenvalue weighted by Crippen LogP contribution is 2.35. The van der Waals surface area contributed by atoms with Crippen LogP contribution in [0.3, 0.4) is 0 Å². The minimum absolute atomic E-state index is 0.323. The van der Waals surface area contributed by atoms with E-state index in [1.807, 2.05) is 36.0 Å². The molecule has 1 N–H and O–H groups in total. The van der Waals surface area contributed by atoms with Crippen LogP contribution in [0, 0.1) is 0 Å². The second-order valence-corrected chi connectivity index (χ2v) is 4.58. The van der Waals surface area contributed by atoms with E-state index < -0.39 is 6.10 Å². The third kappa shape index (κ3) is 1.83. The standard InChI is InChI=1S/C14H16N2O2/c1-16-8-7-15-14(16)12(17)13-11-5-3-2-4-10(11)6-9-18-13/h2-5,7-8,12-13,17H,6,9H2,1H3. The molecular formula is C14H16N2O2. The molecule has 0 aliphatic carbocycles. The largest absolute Gasteiger partial charge is 0.382 e. The van der Waals surface area contributed by atoms with E-state index in [4.69, 9.17) is 4.74 Å². The number of nitrogens with zero attached hydrogens (tertiary/aromatic N) is 2. The number of imidazole rings is 1. The van der Waals surface area contributed by atoms with Gasteiger partial charge < -0.3 is 14.4 Å². The molecule has 2 aromatic rings. The maximum atomic E-state index is 10.5. The molecule has 18 heavy (non-hydrogen) atoms. The molecule has 1 aromatic carbocycles. The van der Waals surface area contributed by atoms with Gasteiger partial charge in [0.2, 0.25) is 0 Å². The van der Waals surface area contributed by atoms with Crippen molar-refractivity contribution < 1.29 is 9.84 Å². The topological polar surface area (TPSA) is 47.3 Å². The van der Waals surface area contributed by atoms with Crippen LogP contribution in [0.5, 0.6) is 0 Å². The smallest absolute Gasteiger partial charge is 0.142 e. The molecular weight excluding hydrogens is 228 g/mol. The van der Waals surface area contributed by atoms with Crippen molar-refractivity contribution in [3.05, 3.63) is 53.6 Å². The number of aromatic nitrogens is 2. The van der Waals surface area contributed by atoms with E-state index in [1.54, 1.807) is 6.20 Å². The normalized spacial score (nSPS) is 20.4. The van der Waals surface area contributed by atoms with Gasteiger partial charge in [0.15, 0.2) is 0 Å². The predicted molar refractivity (Wildman–Crippen MR) is 67.0 cm³/mol. The molecule has 0 bridgehead atoms. The SMILES string of the molecule is Cn1ccnc1C(O)C1OCCc2ccccc21. The van der Waals surface area contributed by atoms with Crippen molar-refractivity contribution in [3.8, 4) is 0 Å². The van der Waals surface area contributed by atoms with Crippen LogP contribution in [0.2, 0.25) is 0 Å². The Bertz CT molecular complexity index is 550.